The van der Waals surface area contributed by atoms with Crippen LogP contribution in [0.2, 0.25) is 4.34 Å². The Bertz CT molecular complexity index is 773. The number of benzene rings is 1. The summed E-state index contributed by atoms with van der Waals surface area (Å²) in [5.74, 6) is -0.342. The van der Waals surface area contributed by atoms with Crippen molar-refractivity contribution >= 4 is 32.8 Å². The number of hydrogen-bond acceptors (Lipinski definition) is 4. The number of rotatable bonds is 3. The molecule has 0 fully saturated rings. The van der Waals surface area contributed by atoms with Crippen molar-refractivity contribution in [1.29, 1.82) is 0 Å². The molecule has 2 aromatic rings. The van der Waals surface area contributed by atoms with E-state index in [9.17, 15) is 12.8 Å². The zero-order valence-corrected chi connectivity index (χ0v) is 13.4. The fraction of sp³-hybridized carbons (Fsp3) is 0.286. The van der Waals surface area contributed by atoms with E-state index in [2.05, 4.69) is 5.32 Å². The van der Waals surface area contributed by atoms with Gasteiger partial charge in [-0.25, -0.2) is 12.8 Å². The third-order valence-electron chi connectivity index (χ3n) is 3.51. The van der Waals surface area contributed by atoms with Gasteiger partial charge in [-0.15, -0.1) is 11.3 Å². The van der Waals surface area contributed by atoms with Crippen LogP contribution in [0.5, 0.6) is 0 Å². The van der Waals surface area contributed by atoms with Crippen molar-refractivity contribution in [3.63, 3.8) is 0 Å². The van der Waals surface area contributed by atoms with Gasteiger partial charge in [-0.2, -0.15) is 0 Å². The van der Waals surface area contributed by atoms with Crippen LogP contribution in [0.4, 0.5) is 4.39 Å². The molecule has 1 aromatic carbocycles. The zero-order chi connectivity index (χ0) is 15.0. The van der Waals surface area contributed by atoms with Gasteiger partial charge in [-0.05, 0) is 42.3 Å². The molecule has 112 valence electrons. The average Bonchev–Trinajstić information content (AvgIpc) is 2.83. The molecule has 0 spiro atoms. The Morgan fingerprint density at radius 3 is 2.86 bits per heavy atom. The third kappa shape index (κ3) is 3.13. The first-order chi connectivity index (χ1) is 9.95. The maximum absolute atomic E-state index is 13.4. The second kappa shape index (κ2) is 5.68. The minimum atomic E-state index is -3.30. The summed E-state index contributed by atoms with van der Waals surface area (Å²) in [6, 6.07) is 7.44. The highest BCUT2D eigenvalue weighted by molar-refractivity contribution is 7.91. The molecule has 1 aliphatic rings. The molecule has 21 heavy (non-hydrogen) atoms. The molecular formula is C14H13ClFNO2S2. The van der Waals surface area contributed by atoms with Gasteiger partial charge >= 0.3 is 0 Å². The van der Waals surface area contributed by atoms with Crippen LogP contribution in [-0.4, -0.2) is 14.2 Å². The van der Waals surface area contributed by atoms with Gasteiger partial charge < -0.3 is 5.32 Å². The first kappa shape index (κ1) is 15.0. The summed E-state index contributed by atoms with van der Waals surface area (Å²) in [6.45, 7) is 0.581. The molecular weight excluding hydrogens is 333 g/mol. The highest BCUT2D eigenvalue weighted by Gasteiger charge is 2.30. The van der Waals surface area contributed by atoms with E-state index in [1.165, 1.54) is 29.5 Å². The van der Waals surface area contributed by atoms with Gasteiger partial charge in [0, 0.05) is 17.5 Å². The van der Waals surface area contributed by atoms with Gasteiger partial charge in [0.1, 0.15) is 5.82 Å². The normalized spacial score (nSPS) is 20.2. The van der Waals surface area contributed by atoms with Crippen LogP contribution in [0.3, 0.4) is 0 Å². The molecule has 0 saturated carbocycles. The van der Waals surface area contributed by atoms with Crippen LogP contribution in [0, 0.1) is 5.82 Å². The highest BCUT2D eigenvalue weighted by atomic mass is 35.5. The summed E-state index contributed by atoms with van der Waals surface area (Å²) >= 11 is 7.35. The van der Waals surface area contributed by atoms with Crippen LogP contribution in [-0.2, 0) is 16.4 Å². The van der Waals surface area contributed by atoms with Crippen LogP contribution in [0.15, 0.2) is 35.2 Å². The number of halogens is 2. The van der Waals surface area contributed by atoms with Gasteiger partial charge in [0.05, 0.1) is 15.0 Å². The summed E-state index contributed by atoms with van der Waals surface area (Å²) in [5.41, 5.74) is 0.518. The fourth-order valence-corrected chi connectivity index (χ4v) is 5.14. The van der Waals surface area contributed by atoms with Crippen molar-refractivity contribution in [2.24, 2.45) is 0 Å². The lowest BCUT2D eigenvalue weighted by Gasteiger charge is -2.26. The fourth-order valence-electron chi connectivity index (χ4n) is 2.50. The largest absolute Gasteiger partial charge is 0.305 e. The van der Waals surface area contributed by atoms with E-state index >= 15 is 0 Å². The number of hydrogen-bond donors (Lipinski definition) is 1. The molecule has 7 heteroatoms. The molecule has 1 unspecified atom stereocenters. The topological polar surface area (TPSA) is 46.2 Å². The molecule has 1 atom stereocenters. The van der Waals surface area contributed by atoms with Crippen LogP contribution in [0.25, 0.3) is 0 Å². The van der Waals surface area contributed by atoms with Crippen molar-refractivity contribution in [3.05, 3.63) is 50.9 Å². The smallest absolute Gasteiger partial charge is 0.178 e. The number of fused-ring (bicyclic) bond motifs is 1. The van der Waals surface area contributed by atoms with Gasteiger partial charge in [-0.1, -0.05) is 11.6 Å². The molecule has 0 amide bonds. The minimum Gasteiger partial charge on any atom is -0.305 e. The van der Waals surface area contributed by atoms with E-state index in [4.69, 9.17) is 11.6 Å². The molecule has 0 saturated heterocycles. The first-order valence-corrected chi connectivity index (χ1v) is 9.30. The number of thiophene rings is 1. The van der Waals surface area contributed by atoms with E-state index in [0.29, 0.717) is 22.9 Å². The Balaban J connectivity index is 1.86. The monoisotopic (exact) mass is 345 g/mol. The summed E-state index contributed by atoms with van der Waals surface area (Å²) in [4.78, 5) is 1.29. The second-order valence-electron chi connectivity index (χ2n) is 4.93. The van der Waals surface area contributed by atoms with Crippen molar-refractivity contribution in [2.45, 2.75) is 23.9 Å². The van der Waals surface area contributed by atoms with E-state index in [1.54, 1.807) is 0 Å². The van der Waals surface area contributed by atoms with Gasteiger partial charge in [0.15, 0.2) is 9.84 Å². The van der Waals surface area contributed by atoms with Crippen LogP contribution >= 0.6 is 22.9 Å². The Labute approximate surface area is 131 Å². The molecule has 3 rings (SSSR count). The lowest BCUT2D eigenvalue weighted by molar-refractivity contribution is 0.489. The minimum absolute atomic E-state index is 0.0779. The molecule has 0 radical (unpaired) electrons. The SMILES string of the molecule is O=S1(=O)CCC(NCc2ccc(Cl)s2)c2cc(F)ccc21. The van der Waals surface area contributed by atoms with Gasteiger partial charge in [0.25, 0.3) is 0 Å². The summed E-state index contributed by atoms with van der Waals surface area (Å²) in [7, 11) is -3.30. The van der Waals surface area contributed by atoms with Crippen molar-refractivity contribution < 1.29 is 12.8 Å². The molecule has 1 aliphatic heterocycles. The lowest BCUT2D eigenvalue weighted by atomic mass is 10.0. The molecule has 1 aromatic heterocycles. The predicted octanol–water partition coefficient (Wildman–Crippen LogP) is 3.55. The van der Waals surface area contributed by atoms with E-state index in [0.717, 1.165) is 4.88 Å². The predicted molar refractivity (Wildman–Crippen MR) is 82.0 cm³/mol. The third-order valence-corrected chi connectivity index (χ3v) is 6.56. The molecule has 0 aliphatic carbocycles. The Hall–Kier alpha value is -0.950. The van der Waals surface area contributed by atoms with Crippen molar-refractivity contribution in [2.75, 3.05) is 5.75 Å². The summed E-state index contributed by atoms with van der Waals surface area (Å²) in [6.07, 6.45) is 0.442. The first-order valence-electron chi connectivity index (χ1n) is 6.45. The van der Waals surface area contributed by atoms with Crippen LogP contribution < -0.4 is 5.32 Å². The number of nitrogens with one attached hydrogen (secondary N) is 1. The van der Waals surface area contributed by atoms with E-state index in [1.807, 2.05) is 12.1 Å². The second-order valence-corrected chi connectivity index (χ2v) is 8.81. The molecule has 2 heterocycles. The quantitative estimate of drug-likeness (QED) is 0.865. The van der Waals surface area contributed by atoms with E-state index in [-0.39, 0.29) is 16.7 Å². The van der Waals surface area contributed by atoms with E-state index < -0.39 is 15.7 Å². The summed E-state index contributed by atoms with van der Waals surface area (Å²) in [5, 5.41) is 3.29. The molecule has 0 bridgehead atoms. The van der Waals surface area contributed by atoms with Gasteiger partial charge in [0.2, 0.25) is 0 Å². The van der Waals surface area contributed by atoms with Crippen molar-refractivity contribution in [3.8, 4) is 0 Å². The number of sulfone groups is 1. The lowest BCUT2D eigenvalue weighted by Crippen LogP contribution is -2.29. The Morgan fingerprint density at radius 2 is 2.14 bits per heavy atom. The maximum atomic E-state index is 13.4. The van der Waals surface area contributed by atoms with Crippen molar-refractivity contribution in [1.82, 2.24) is 5.32 Å². The Morgan fingerprint density at radius 1 is 1.33 bits per heavy atom. The van der Waals surface area contributed by atoms with Gasteiger partial charge in [-0.3, -0.25) is 0 Å². The summed E-state index contributed by atoms with van der Waals surface area (Å²) < 4.78 is 38.2. The standard InChI is InChI=1S/C14H13ClFNO2S2/c15-14-4-2-10(20-14)8-17-12-5-6-21(18,19)13-3-1-9(16)7-11(12)13/h1-4,7,12,17H,5-6,8H2. The zero-order valence-electron chi connectivity index (χ0n) is 11.0. The molecule has 3 nitrogen and oxygen atoms in total. The molecule has 1 N–H and O–H groups in total. The average molecular weight is 346 g/mol. The Kier molecular flexibility index (Phi) is 4.05. The highest BCUT2D eigenvalue weighted by Crippen LogP contribution is 2.33. The van der Waals surface area contributed by atoms with Crippen LogP contribution in [0.1, 0.15) is 22.9 Å². The maximum Gasteiger partial charge on any atom is 0.178 e.